The van der Waals surface area contributed by atoms with Crippen LogP contribution >= 0.6 is 0 Å². The number of carbonyl (C=O) groups is 2. The van der Waals surface area contributed by atoms with Crippen LogP contribution in [0.5, 0.6) is 0 Å². The van der Waals surface area contributed by atoms with Crippen LogP contribution in [-0.2, 0) is 25.5 Å². The molecule has 0 bridgehead atoms. The van der Waals surface area contributed by atoms with Gasteiger partial charge in [-0.15, -0.1) is 0 Å². The third-order valence-electron chi connectivity index (χ3n) is 4.94. The van der Waals surface area contributed by atoms with Gasteiger partial charge >= 0.3 is 5.97 Å². The highest BCUT2D eigenvalue weighted by Crippen LogP contribution is 2.45. The Bertz CT molecular complexity index is 613. The Labute approximate surface area is 142 Å². The lowest BCUT2D eigenvalue weighted by Crippen LogP contribution is -2.53. The standard InChI is InChI=1S/C19H25NO4/c1-18(2)13-19(9-11-23-18)15(12-16(21)24-19)17(22)20-10-8-14-6-4-3-5-7-14/h3-7,15H,8-13H2,1-2H3,(H,20,22)/t15-,19+/m0/s1. The molecule has 130 valence electrons. The second-order valence-corrected chi connectivity index (χ2v) is 7.36. The third-order valence-corrected chi connectivity index (χ3v) is 4.94. The van der Waals surface area contributed by atoms with Crippen molar-refractivity contribution < 1.29 is 19.1 Å². The van der Waals surface area contributed by atoms with Gasteiger partial charge in [0, 0.05) is 19.4 Å². The molecule has 1 N–H and O–H groups in total. The molecule has 2 saturated heterocycles. The molecule has 1 spiro atoms. The van der Waals surface area contributed by atoms with Gasteiger partial charge in [-0.05, 0) is 25.8 Å². The lowest BCUT2D eigenvalue weighted by atomic mass is 9.75. The summed E-state index contributed by atoms with van der Waals surface area (Å²) in [4.78, 5) is 24.6. The van der Waals surface area contributed by atoms with E-state index in [2.05, 4.69) is 5.32 Å². The molecule has 24 heavy (non-hydrogen) atoms. The Morgan fingerprint density at radius 3 is 2.75 bits per heavy atom. The summed E-state index contributed by atoms with van der Waals surface area (Å²) in [5, 5.41) is 2.98. The second-order valence-electron chi connectivity index (χ2n) is 7.36. The number of amides is 1. The van der Waals surface area contributed by atoms with Crippen LogP contribution in [0.3, 0.4) is 0 Å². The molecule has 2 atom stereocenters. The highest BCUT2D eigenvalue weighted by molar-refractivity contribution is 5.87. The zero-order valence-corrected chi connectivity index (χ0v) is 14.3. The molecule has 5 heteroatoms. The monoisotopic (exact) mass is 331 g/mol. The van der Waals surface area contributed by atoms with Gasteiger partial charge in [-0.25, -0.2) is 0 Å². The van der Waals surface area contributed by atoms with E-state index >= 15 is 0 Å². The maximum absolute atomic E-state index is 12.7. The molecule has 0 radical (unpaired) electrons. The fourth-order valence-electron chi connectivity index (χ4n) is 3.87. The van der Waals surface area contributed by atoms with Crippen molar-refractivity contribution in [3.05, 3.63) is 35.9 Å². The van der Waals surface area contributed by atoms with E-state index in [4.69, 9.17) is 9.47 Å². The summed E-state index contributed by atoms with van der Waals surface area (Å²) in [5.74, 6) is -0.797. The van der Waals surface area contributed by atoms with Gasteiger partial charge < -0.3 is 14.8 Å². The van der Waals surface area contributed by atoms with Crippen LogP contribution in [0, 0.1) is 5.92 Å². The number of esters is 1. The predicted octanol–water partition coefficient (Wildman–Crippen LogP) is 2.24. The van der Waals surface area contributed by atoms with Crippen molar-refractivity contribution in [1.82, 2.24) is 5.32 Å². The zero-order valence-electron chi connectivity index (χ0n) is 14.3. The van der Waals surface area contributed by atoms with Crippen LogP contribution in [0.1, 0.15) is 38.7 Å². The van der Waals surface area contributed by atoms with Crippen molar-refractivity contribution in [2.45, 2.75) is 50.7 Å². The van der Waals surface area contributed by atoms with Gasteiger partial charge in [-0.2, -0.15) is 0 Å². The van der Waals surface area contributed by atoms with Gasteiger partial charge in [0.1, 0.15) is 5.60 Å². The van der Waals surface area contributed by atoms with Crippen LogP contribution in [0.15, 0.2) is 30.3 Å². The van der Waals surface area contributed by atoms with E-state index in [1.807, 2.05) is 44.2 Å². The minimum Gasteiger partial charge on any atom is -0.458 e. The third kappa shape index (κ3) is 3.61. The first-order valence-electron chi connectivity index (χ1n) is 8.58. The molecule has 1 aromatic carbocycles. The molecule has 0 unspecified atom stereocenters. The molecular formula is C19H25NO4. The van der Waals surface area contributed by atoms with Crippen LogP contribution in [0.4, 0.5) is 0 Å². The highest BCUT2D eigenvalue weighted by Gasteiger charge is 2.56. The number of nitrogens with one attached hydrogen (secondary N) is 1. The van der Waals surface area contributed by atoms with Crippen LogP contribution in [0.2, 0.25) is 0 Å². The molecule has 0 aliphatic carbocycles. The summed E-state index contributed by atoms with van der Waals surface area (Å²) >= 11 is 0. The van der Waals surface area contributed by atoms with Gasteiger partial charge in [0.2, 0.25) is 5.91 Å². The summed E-state index contributed by atoms with van der Waals surface area (Å²) in [6.07, 6.45) is 2.07. The van der Waals surface area contributed by atoms with Crippen molar-refractivity contribution in [3.63, 3.8) is 0 Å². The number of rotatable bonds is 4. The number of carbonyl (C=O) groups excluding carboxylic acids is 2. The number of hydrogen-bond acceptors (Lipinski definition) is 4. The van der Waals surface area contributed by atoms with E-state index in [1.165, 1.54) is 5.56 Å². The van der Waals surface area contributed by atoms with Crippen LogP contribution < -0.4 is 5.32 Å². The Hall–Kier alpha value is -1.88. The Balaban J connectivity index is 1.63. The molecule has 3 rings (SSSR count). The Morgan fingerprint density at radius 1 is 1.29 bits per heavy atom. The van der Waals surface area contributed by atoms with Gasteiger partial charge in [0.05, 0.1) is 24.5 Å². The predicted molar refractivity (Wildman–Crippen MR) is 89.4 cm³/mol. The maximum atomic E-state index is 12.7. The normalized spacial score (nSPS) is 28.6. The summed E-state index contributed by atoms with van der Waals surface area (Å²) in [5.41, 5.74) is 0.0830. The van der Waals surface area contributed by atoms with Gasteiger partial charge in [0.25, 0.3) is 0 Å². The van der Waals surface area contributed by atoms with E-state index < -0.39 is 11.5 Å². The fourth-order valence-corrected chi connectivity index (χ4v) is 3.87. The van der Waals surface area contributed by atoms with Gasteiger partial charge in [-0.1, -0.05) is 30.3 Å². The largest absolute Gasteiger partial charge is 0.458 e. The topological polar surface area (TPSA) is 64.6 Å². The van der Waals surface area contributed by atoms with Crippen LogP contribution in [0.25, 0.3) is 0 Å². The molecule has 2 fully saturated rings. The summed E-state index contributed by atoms with van der Waals surface area (Å²) in [6.45, 7) is 5.02. The minimum atomic E-state index is -0.713. The second kappa shape index (κ2) is 6.55. The molecule has 2 heterocycles. The molecular weight excluding hydrogens is 306 g/mol. The first-order valence-corrected chi connectivity index (χ1v) is 8.58. The molecule has 0 saturated carbocycles. The lowest BCUT2D eigenvalue weighted by Gasteiger charge is -2.43. The summed E-state index contributed by atoms with van der Waals surface area (Å²) in [7, 11) is 0. The SMILES string of the molecule is CC1(C)C[C@@]2(CCO1)OC(=O)C[C@H]2C(=O)NCCc1ccccc1. The molecule has 2 aliphatic rings. The highest BCUT2D eigenvalue weighted by atomic mass is 16.6. The van der Waals surface area contributed by atoms with Crippen LogP contribution in [-0.4, -0.2) is 36.2 Å². The molecule has 2 aliphatic heterocycles. The van der Waals surface area contributed by atoms with E-state index in [0.717, 1.165) is 6.42 Å². The number of ether oxygens (including phenoxy) is 2. The average Bonchev–Trinajstić information content (AvgIpc) is 2.82. The van der Waals surface area contributed by atoms with Crippen molar-refractivity contribution in [1.29, 1.82) is 0 Å². The quantitative estimate of drug-likeness (QED) is 0.860. The van der Waals surface area contributed by atoms with E-state index in [-0.39, 0.29) is 23.9 Å². The van der Waals surface area contributed by atoms with Gasteiger partial charge in [0.15, 0.2) is 0 Å². The number of hydrogen-bond donors (Lipinski definition) is 1. The first-order chi connectivity index (χ1) is 11.4. The smallest absolute Gasteiger partial charge is 0.307 e. The van der Waals surface area contributed by atoms with Crippen molar-refractivity contribution in [2.24, 2.45) is 5.92 Å². The number of benzene rings is 1. The zero-order chi connectivity index (χ0) is 17.2. The summed E-state index contributed by atoms with van der Waals surface area (Å²) in [6, 6.07) is 10.0. The fraction of sp³-hybridized carbons (Fsp3) is 0.579. The summed E-state index contributed by atoms with van der Waals surface area (Å²) < 4.78 is 11.4. The Morgan fingerprint density at radius 2 is 2.04 bits per heavy atom. The molecule has 1 amide bonds. The molecule has 0 aromatic heterocycles. The minimum absolute atomic E-state index is 0.0884. The van der Waals surface area contributed by atoms with Gasteiger partial charge in [-0.3, -0.25) is 9.59 Å². The molecule has 1 aromatic rings. The Kier molecular flexibility index (Phi) is 4.63. The van der Waals surface area contributed by atoms with Crippen molar-refractivity contribution in [3.8, 4) is 0 Å². The molecule has 5 nitrogen and oxygen atoms in total. The van der Waals surface area contributed by atoms with E-state index in [9.17, 15) is 9.59 Å². The van der Waals surface area contributed by atoms with E-state index in [0.29, 0.717) is 26.0 Å². The lowest BCUT2D eigenvalue weighted by molar-refractivity contribution is -0.179. The van der Waals surface area contributed by atoms with E-state index in [1.54, 1.807) is 0 Å². The average molecular weight is 331 g/mol. The van der Waals surface area contributed by atoms with Crippen molar-refractivity contribution in [2.75, 3.05) is 13.2 Å². The first kappa shape index (κ1) is 17.0. The van der Waals surface area contributed by atoms with Crippen molar-refractivity contribution >= 4 is 11.9 Å². The maximum Gasteiger partial charge on any atom is 0.307 e.